The van der Waals surface area contributed by atoms with Crippen LogP contribution in [0.5, 0.6) is 0 Å². The zero-order valence-electron chi connectivity index (χ0n) is 10.8. The molecule has 2 rings (SSSR count). The van der Waals surface area contributed by atoms with Crippen molar-refractivity contribution in [3.8, 4) is 0 Å². The molecule has 0 aliphatic carbocycles. The molecule has 1 heterocycles. The molecule has 0 bridgehead atoms. The van der Waals surface area contributed by atoms with Crippen molar-refractivity contribution in [3.05, 3.63) is 35.4 Å². The molecule has 0 atom stereocenters. The molecule has 0 saturated heterocycles. The van der Waals surface area contributed by atoms with Gasteiger partial charge in [0, 0.05) is 24.7 Å². The van der Waals surface area contributed by atoms with Crippen LogP contribution in [0.4, 0.5) is 0 Å². The summed E-state index contributed by atoms with van der Waals surface area (Å²) >= 11 is 0. The topological polar surface area (TPSA) is 49.4 Å². The Hall–Kier alpha value is -1.68. The Morgan fingerprint density at radius 3 is 2.72 bits per heavy atom. The predicted octanol–water partition coefficient (Wildman–Crippen LogP) is 1.21. The summed E-state index contributed by atoms with van der Waals surface area (Å²) in [7, 11) is 0. The number of amides is 2. The van der Waals surface area contributed by atoms with Gasteiger partial charge in [-0.25, -0.2) is 0 Å². The Kier molecular flexibility index (Phi) is 3.77. The summed E-state index contributed by atoms with van der Waals surface area (Å²) in [4.78, 5) is 25.4. The van der Waals surface area contributed by atoms with Gasteiger partial charge in [-0.05, 0) is 11.6 Å². The minimum absolute atomic E-state index is 0.107. The highest BCUT2D eigenvalue weighted by Crippen LogP contribution is 2.18. The number of nitrogens with one attached hydrogen (secondary N) is 1. The monoisotopic (exact) mass is 246 g/mol. The molecule has 0 unspecified atom stereocenters. The number of nitrogens with zero attached hydrogens (tertiary/aromatic N) is 1. The predicted molar refractivity (Wildman–Crippen MR) is 69.3 cm³/mol. The number of hydrogen-bond donors (Lipinski definition) is 1. The Labute approximate surface area is 107 Å². The van der Waals surface area contributed by atoms with Crippen molar-refractivity contribution in [2.45, 2.75) is 26.3 Å². The van der Waals surface area contributed by atoms with E-state index in [0.29, 0.717) is 31.1 Å². The Balaban J connectivity index is 2.09. The van der Waals surface area contributed by atoms with Crippen LogP contribution < -0.4 is 5.32 Å². The second kappa shape index (κ2) is 5.31. The van der Waals surface area contributed by atoms with E-state index in [0.717, 1.165) is 5.56 Å². The van der Waals surface area contributed by atoms with E-state index < -0.39 is 0 Å². The highest BCUT2D eigenvalue weighted by molar-refractivity contribution is 6.09. The second-order valence-corrected chi connectivity index (χ2v) is 4.79. The van der Waals surface area contributed by atoms with Crippen LogP contribution in [0.2, 0.25) is 0 Å². The summed E-state index contributed by atoms with van der Waals surface area (Å²) in [6.07, 6.45) is 0.323. The molecule has 4 heteroatoms. The quantitative estimate of drug-likeness (QED) is 0.812. The smallest absolute Gasteiger partial charge is 0.260 e. The fourth-order valence-corrected chi connectivity index (χ4v) is 2.09. The molecule has 1 aliphatic heterocycles. The van der Waals surface area contributed by atoms with Crippen LogP contribution in [0.3, 0.4) is 0 Å². The molecule has 0 fully saturated rings. The number of benzene rings is 1. The Morgan fingerprint density at radius 2 is 2.00 bits per heavy atom. The summed E-state index contributed by atoms with van der Waals surface area (Å²) in [5.41, 5.74) is 1.49. The average molecular weight is 246 g/mol. The summed E-state index contributed by atoms with van der Waals surface area (Å²) in [5.74, 6) is -0.281. The maximum absolute atomic E-state index is 12.2. The van der Waals surface area contributed by atoms with E-state index in [4.69, 9.17) is 0 Å². The highest BCUT2D eigenvalue weighted by Gasteiger charge is 2.29. The fourth-order valence-electron chi connectivity index (χ4n) is 2.09. The molecule has 1 aromatic rings. The number of rotatable bonds is 4. The average Bonchev–Trinajstić information content (AvgIpc) is 2.33. The van der Waals surface area contributed by atoms with Gasteiger partial charge in [-0.1, -0.05) is 32.0 Å². The van der Waals surface area contributed by atoms with E-state index in [-0.39, 0.29) is 11.8 Å². The van der Waals surface area contributed by atoms with E-state index >= 15 is 0 Å². The molecule has 18 heavy (non-hydrogen) atoms. The van der Waals surface area contributed by atoms with Crippen LogP contribution in [0.1, 0.15) is 29.8 Å². The maximum Gasteiger partial charge on any atom is 0.260 e. The van der Waals surface area contributed by atoms with Gasteiger partial charge in [-0.3, -0.25) is 14.5 Å². The van der Waals surface area contributed by atoms with Gasteiger partial charge >= 0.3 is 0 Å². The largest absolute Gasteiger partial charge is 0.313 e. The van der Waals surface area contributed by atoms with Gasteiger partial charge in [0.1, 0.15) is 0 Å². The first-order valence-electron chi connectivity index (χ1n) is 6.25. The number of imide groups is 1. The lowest BCUT2D eigenvalue weighted by Gasteiger charge is -2.27. The molecule has 4 nitrogen and oxygen atoms in total. The molecular weight excluding hydrogens is 228 g/mol. The molecule has 2 amide bonds. The summed E-state index contributed by atoms with van der Waals surface area (Å²) in [5, 5.41) is 3.21. The van der Waals surface area contributed by atoms with Crippen molar-refractivity contribution in [2.75, 3.05) is 13.1 Å². The van der Waals surface area contributed by atoms with E-state index in [1.807, 2.05) is 32.0 Å². The van der Waals surface area contributed by atoms with Crippen molar-refractivity contribution < 1.29 is 9.59 Å². The van der Waals surface area contributed by atoms with Crippen molar-refractivity contribution in [1.82, 2.24) is 10.2 Å². The van der Waals surface area contributed by atoms with Gasteiger partial charge in [-0.2, -0.15) is 0 Å². The lowest BCUT2D eigenvalue weighted by atomic mass is 9.98. The Bertz CT molecular complexity index is 469. The van der Waals surface area contributed by atoms with E-state index in [9.17, 15) is 9.59 Å². The van der Waals surface area contributed by atoms with Crippen LogP contribution in [-0.4, -0.2) is 35.8 Å². The minimum atomic E-state index is -0.174. The maximum atomic E-state index is 12.2. The van der Waals surface area contributed by atoms with Crippen LogP contribution >= 0.6 is 0 Å². The highest BCUT2D eigenvalue weighted by atomic mass is 16.2. The van der Waals surface area contributed by atoms with Crippen molar-refractivity contribution >= 4 is 11.8 Å². The van der Waals surface area contributed by atoms with Crippen LogP contribution in [-0.2, 0) is 11.2 Å². The zero-order chi connectivity index (χ0) is 13.1. The number of fused-ring (bicyclic) bond motifs is 1. The molecule has 96 valence electrons. The SMILES string of the molecule is CC(C)NCCN1C(=O)Cc2ccccc2C1=O. The lowest BCUT2D eigenvalue weighted by Crippen LogP contribution is -2.46. The third kappa shape index (κ3) is 2.59. The standard InChI is InChI=1S/C14H18N2O2/c1-10(2)15-7-8-16-13(17)9-11-5-3-4-6-12(11)14(16)18/h3-6,10,15H,7-9H2,1-2H3. The fraction of sp³-hybridized carbons (Fsp3) is 0.429. The number of hydrogen-bond acceptors (Lipinski definition) is 3. The van der Waals surface area contributed by atoms with Crippen LogP contribution in [0.25, 0.3) is 0 Å². The van der Waals surface area contributed by atoms with Crippen molar-refractivity contribution in [1.29, 1.82) is 0 Å². The van der Waals surface area contributed by atoms with Crippen LogP contribution in [0.15, 0.2) is 24.3 Å². The second-order valence-electron chi connectivity index (χ2n) is 4.79. The summed E-state index contributed by atoms with van der Waals surface area (Å²) < 4.78 is 0. The molecule has 1 aromatic carbocycles. The zero-order valence-corrected chi connectivity index (χ0v) is 10.8. The van der Waals surface area contributed by atoms with Gasteiger partial charge in [-0.15, -0.1) is 0 Å². The van der Waals surface area contributed by atoms with E-state index in [1.165, 1.54) is 4.90 Å². The third-order valence-corrected chi connectivity index (χ3v) is 3.02. The third-order valence-electron chi connectivity index (χ3n) is 3.02. The van der Waals surface area contributed by atoms with Crippen LogP contribution in [0, 0.1) is 0 Å². The number of carbonyl (C=O) groups is 2. The Morgan fingerprint density at radius 1 is 1.28 bits per heavy atom. The lowest BCUT2D eigenvalue weighted by molar-refractivity contribution is -0.128. The molecule has 0 radical (unpaired) electrons. The molecule has 0 aromatic heterocycles. The first-order valence-corrected chi connectivity index (χ1v) is 6.25. The van der Waals surface area contributed by atoms with E-state index in [2.05, 4.69) is 5.32 Å². The van der Waals surface area contributed by atoms with Gasteiger partial charge < -0.3 is 5.32 Å². The summed E-state index contributed by atoms with van der Waals surface area (Å²) in [6, 6.07) is 7.67. The van der Waals surface area contributed by atoms with Gasteiger partial charge in [0.2, 0.25) is 5.91 Å². The molecular formula is C14H18N2O2. The first kappa shape index (κ1) is 12.8. The molecule has 0 saturated carbocycles. The summed E-state index contributed by atoms with van der Waals surface area (Å²) in [6.45, 7) is 5.14. The minimum Gasteiger partial charge on any atom is -0.313 e. The molecule has 0 spiro atoms. The normalized spacial score (nSPS) is 15.2. The number of carbonyl (C=O) groups excluding carboxylic acids is 2. The van der Waals surface area contributed by atoms with Crippen molar-refractivity contribution in [2.24, 2.45) is 0 Å². The van der Waals surface area contributed by atoms with E-state index in [1.54, 1.807) is 6.07 Å². The van der Waals surface area contributed by atoms with Gasteiger partial charge in [0.05, 0.1) is 6.42 Å². The van der Waals surface area contributed by atoms with Gasteiger partial charge in [0.25, 0.3) is 5.91 Å². The molecule has 1 aliphatic rings. The molecule has 1 N–H and O–H groups in total. The van der Waals surface area contributed by atoms with Crippen molar-refractivity contribution in [3.63, 3.8) is 0 Å². The van der Waals surface area contributed by atoms with Gasteiger partial charge in [0.15, 0.2) is 0 Å². The first-order chi connectivity index (χ1) is 8.59.